The Labute approximate surface area is 127 Å². The number of hydrogen-bond donors (Lipinski definition) is 2. The fourth-order valence-electron chi connectivity index (χ4n) is 1.42. The van der Waals surface area contributed by atoms with Crippen molar-refractivity contribution < 1.29 is 13.2 Å². The fourth-order valence-corrected chi connectivity index (χ4v) is 4.03. The molecule has 114 valence electrons. The summed E-state index contributed by atoms with van der Waals surface area (Å²) < 4.78 is 26.7. The van der Waals surface area contributed by atoms with Crippen molar-refractivity contribution in [2.24, 2.45) is 5.92 Å². The Morgan fingerprint density at radius 2 is 2.05 bits per heavy atom. The average Bonchev–Trinajstić information content (AvgIpc) is 2.76. The fraction of sp³-hybridized carbons (Fsp3) is 0.700. The third-order valence-corrected chi connectivity index (χ3v) is 5.36. The van der Waals surface area contributed by atoms with Gasteiger partial charge >= 0.3 is 0 Å². The van der Waals surface area contributed by atoms with Crippen molar-refractivity contribution >= 4 is 44.0 Å². The second-order valence-corrected chi connectivity index (χ2v) is 7.75. The van der Waals surface area contributed by atoms with Crippen LogP contribution in [0.2, 0.25) is 0 Å². The maximum absolute atomic E-state index is 12.2. The number of amides is 1. The van der Waals surface area contributed by atoms with E-state index in [1.807, 2.05) is 13.8 Å². The number of anilines is 1. The van der Waals surface area contributed by atoms with E-state index in [1.54, 1.807) is 0 Å². The molecule has 0 aliphatic heterocycles. The van der Waals surface area contributed by atoms with Crippen molar-refractivity contribution in [3.63, 3.8) is 0 Å². The Morgan fingerprint density at radius 3 is 2.55 bits per heavy atom. The molecule has 0 bridgehead atoms. The lowest BCUT2D eigenvalue weighted by molar-refractivity contribution is -0.114. The van der Waals surface area contributed by atoms with Crippen LogP contribution < -0.4 is 10.0 Å². The van der Waals surface area contributed by atoms with Gasteiger partial charge < -0.3 is 5.32 Å². The normalized spacial score (nSPS) is 13.4. The van der Waals surface area contributed by atoms with E-state index in [4.69, 9.17) is 11.6 Å². The molecule has 0 spiro atoms. The first-order valence-corrected chi connectivity index (χ1v) is 8.79. The van der Waals surface area contributed by atoms with Crippen molar-refractivity contribution in [1.29, 1.82) is 0 Å². The predicted molar refractivity (Wildman–Crippen MR) is 78.5 cm³/mol. The molecule has 0 saturated carbocycles. The van der Waals surface area contributed by atoms with Crippen LogP contribution in [-0.2, 0) is 14.8 Å². The number of rotatable bonds is 7. The van der Waals surface area contributed by atoms with E-state index in [2.05, 4.69) is 20.2 Å². The first kappa shape index (κ1) is 17.3. The number of nitrogens with zero attached hydrogens (tertiary/aromatic N) is 2. The van der Waals surface area contributed by atoms with Gasteiger partial charge in [-0.15, -0.1) is 21.8 Å². The average molecular weight is 341 g/mol. The largest absolute Gasteiger partial charge is 0.301 e. The molecule has 1 unspecified atom stereocenters. The van der Waals surface area contributed by atoms with Crippen molar-refractivity contribution in [3.8, 4) is 0 Å². The SMILES string of the molecule is CC(=O)Nc1nnc(S(=O)(=O)NC(CCCl)C(C)C)s1. The highest BCUT2D eigenvalue weighted by atomic mass is 35.5. The van der Waals surface area contributed by atoms with Crippen molar-refractivity contribution in [1.82, 2.24) is 14.9 Å². The Hall–Kier alpha value is -0.770. The highest BCUT2D eigenvalue weighted by molar-refractivity contribution is 7.91. The minimum Gasteiger partial charge on any atom is -0.301 e. The van der Waals surface area contributed by atoms with Gasteiger partial charge in [-0.25, -0.2) is 13.1 Å². The Morgan fingerprint density at radius 1 is 1.40 bits per heavy atom. The quantitative estimate of drug-likeness (QED) is 0.577. The number of carbonyl (C=O) groups is 1. The third kappa shape index (κ3) is 4.97. The van der Waals surface area contributed by atoms with Crippen LogP contribution in [0.25, 0.3) is 0 Å². The summed E-state index contributed by atoms with van der Waals surface area (Å²) in [5.41, 5.74) is 0. The Balaban J connectivity index is 2.87. The van der Waals surface area contributed by atoms with Gasteiger partial charge in [0, 0.05) is 18.8 Å². The van der Waals surface area contributed by atoms with Gasteiger partial charge in [0.2, 0.25) is 15.4 Å². The van der Waals surface area contributed by atoms with Crippen molar-refractivity contribution in [2.75, 3.05) is 11.2 Å². The summed E-state index contributed by atoms with van der Waals surface area (Å²) in [5, 5.41) is 9.74. The summed E-state index contributed by atoms with van der Waals surface area (Å²) in [6, 6.07) is -0.273. The molecule has 0 fully saturated rings. The lowest BCUT2D eigenvalue weighted by Crippen LogP contribution is -2.38. The number of carbonyl (C=O) groups excluding carboxylic acids is 1. The van der Waals surface area contributed by atoms with Crippen LogP contribution in [0.5, 0.6) is 0 Å². The summed E-state index contributed by atoms with van der Waals surface area (Å²) in [6.07, 6.45) is 0.524. The van der Waals surface area contributed by atoms with Gasteiger partial charge in [0.05, 0.1) is 0 Å². The molecule has 0 radical (unpaired) electrons. The highest BCUT2D eigenvalue weighted by Crippen LogP contribution is 2.21. The van der Waals surface area contributed by atoms with Gasteiger partial charge in [0.15, 0.2) is 0 Å². The Bertz CT molecular complexity index is 559. The number of hydrogen-bond acceptors (Lipinski definition) is 6. The van der Waals surface area contributed by atoms with Crippen LogP contribution in [0.15, 0.2) is 4.34 Å². The molecule has 7 nitrogen and oxygen atoms in total. The minimum absolute atomic E-state index is 0.103. The number of halogens is 1. The van der Waals surface area contributed by atoms with E-state index in [0.29, 0.717) is 12.3 Å². The molecule has 0 aliphatic rings. The second kappa shape index (κ2) is 7.30. The second-order valence-electron chi connectivity index (χ2n) is 4.50. The van der Waals surface area contributed by atoms with Gasteiger partial charge in [-0.2, -0.15) is 0 Å². The molecule has 1 rings (SSSR count). The summed E-state index contributed by atoms with van der Waals surface area (Å²) >= 11 is 6.47. The van der Waals surface area contributed by atoms with E-state index in [9.17, 15) is 13.2 Å². The summed E-state index contributed by atoms with van der Waals surface area (Å²) in [4.78, 5) is 10.9. The van der Waals surface area contributed by atoms with Crippen LogP contribution in [0.4, 0.5) is 5.13 Å². The molecular weight excluding hydrogens is 324 g/mol. The lowest BCUT2D eigenvalue weighted by Gasteiger charge is -2.20. The first-order chi connectivity index (χ1) is 9.26. The number of aromatic nitrogens is 2. The molecule has 1 amide bonds. The number of nitrogens with one attached hydrogen (secondary N) is 2. The molecule has 0 aliphatic carbocycles. The van der Waals surface area contributed by atoms with Crippen LogP contribution in [0.3, 0.4) is 0 Å². The predicted octanol–water partition coefficient (Wildman–Crippen LogP) is 1.43. The smallest absolute Gasteiger partial charge is 0.270 e. The Kier molecular flexibility index (Phi) is 6.31. The maximum atomic E-state index is 12.2. The van der Waals surface area contributed by atoms with Crippen LogP contribution in [0.1, 0.15) is 27.2 Å². The zero-order chi connectivity index (χ0) is 15.3. The summed E-state index contributed by atoms with van der Waals surface area (Å²) in [5.74, 6) is 0.130. The minimum atomic E-state index is -3.76. The monoisotopic (exact) mass is 340 g/mol. The lowest BCUT2D eigenvalue weighted by atomic mass is 10.0. The standard InChI is InChI=1S/C10H17ClN4O3S2/c1-6(2)8(4-5-11)15-20(17,18)10-14-13-9(19-10)12-7(3)16/h6,8,15H,4-5H2,1-3H3,(H,12,13,16). The van der Waals surface area contributed by atoms with Crippen molar-refractivity contribution in [2.45, 2.75) is 37.6 Å². The van der Waals surface area contributed by atoms with E-state index >= 15 is 0 Å². The van der Waals surface area contributed by atoms with Crippen LogP contribution >= 0.6 is 22.9 Å². The van der Waals surface area contributed by atoms with Crippen LogP contribution in [-0.4, -0.2) is 36.4 Å². The van der Waals surface area contributed by atoms with Gasteiger partial charge in [-0.05, 0) is 12.3 Å². The van der Waals surface area contributed by atoms with E-state index in [0.717, 1.165) is 11.3 Å². The molecule has 20 heavy (non-hydrogen) atoms. The summed E-state index contributed by atoms with van der Waals surface area (Å²) in [6.45, 7) is 5.12. The van der Waals surface area contributed by atoms with Crippen molar-refractivity contribution in [3.05, 3.63) is 0 Å². The molecule has 10 heteroatoms. The first-order valence-electron chi connectivity index (χ1n) is 5.95. The molecule has 1 heterocycles. The van der Waals surface area contributed by atoms with Gasteiger partial charge in [-0.3, -0.25) is 4.79 Å². The topological polar surface area (TPSA) is 101 Å². The van der Waals surface area contributed by atoms with Gasteiger partial charge in [0.1, 0.15) is 0 Å². The molecule has 0 aromatic carbocycles. The van der Waals surface area contributed by atoms with E-state index < -0.39 is 10.0 Å². The molecule has 1 atom stereocenters. The molecular formula is C10H17ClN4O3S2. The molecule has 1 aromatic heterocycles. The maximum Gasteiger partial charge on any atom is 0.270 e. The van der Waals surface area contributed by atoms with Gasteiger partial charge in [0.25, 0.3) is 10.0 Å². The zero-order valence-corrected chi connectivity index (χ0v) is 13.8. The van der Waals surface area contributed by atoms with E-state index in [1.165, 1.54) is 6.92 Å². The van der Waals surface area contributed by atoms with E-state index in [-0.39, 0.29) is 27.3 Å². The summed E-state index contributed by atoms with van der Waals surface area (Å²) in [7, 11) is -3.76. The number of alkyl halides is 1. The van der Waals surface area contributed by atoms with Gasteiger partial charge in [-0.1, -0.05) is 25.2 Å². The zero-order valence-electron chi connectivity index (χ0n) is 11.4. The molecule has 0 saturated heterocycles. The van der Waals surface area contributed by atoms with Crippen LogP contribution in [0, 0.1) is 5.92 Å². The molecule has 2 N–H and O–H groups in total. The molecule has 1 aromatic rings. The number of sulfonamides is 1. The highest BCUT2D eigenvalue weighted by Gasteiger charge is 2.25. The third-order valence-electron chi connectivity index (χ3n) is 2.45.